The van der Waals surface area contributed by atoms with E-state index in [1.807, 2.05) is 0 Å². The molecule has 6 heteroatoms. The molecule has 0 aliphatic carbocycles. The first-order valence-corrected chi connectivity index (χ1v) is 5.49. The van der Waals surface area contributed by atoms with Gasteiger partial charge in [-0.2, -0.15) is 13.2 Å². The zero-order chi connectivity index (χ0) is 13.6. The van der Waals surface area contributed by atoms with Crippen molar-refractivity contribution in [3.8, 4) is 5.75 Å². The van der Waals surface area contributed by atoms with Crippen LogP contribution in [0.3, 0.4) is 0 Å². The van der Waals surface area contributed by atoms with Crippen molar-refractivity contribution in [1.82, 2.24) is 0 Å². The van der Waals surface area contributed by atoms with Gasteiger partial charge in [-0.15, -0.1) is 0 Å². The third kappa shape index (κ3) is 5.27. The first kappa shape index (κ1) is 14.6. The lowest BCUT2D eigenvalue weighted by Gasteiger charge is -2.09. The number of benzene rings is 1. The van der Waals surface area contributed by atoms with Crippen molar-refractivity contribution in [2.45, 2.75) is 25.6 Å². The highest BCUT2D eigenvalue weighted by Gasteiger charge is 2.25. The number of nitrogen functional groups attached to an aromatic ring is 1. The topological polar surface area (TPSA) is 44.5 Å². The third-order valence-electron chi connectivity index (χ3n) is 2.31. The van der Waals surface area contributed by atoms with Crippen LogP contribution in [0, 0.1) is 0 Å². The molecule has 0 unspecified atom stereocenters. The molecule has 0 aliphatic heterocycles. The molecule has 1 aromatic rings. The summed E-state index contributed by atoms with van der Waals surface area (Å²) >= 11 is 0. The average Bonchev–Trinajstić information content (AvgIpc) is 2.27. The number of ether oxygens (including phenoxy) is 2. The van der Waals surface area contributed by atoms with E-state index < -0.39 is 12.6 Å². The molecule has 0 saturated carbocycles. The third-order valence-corrected chi connectivity index (χ3v) is 2.31. The molecule has 1 aromatic carbocycles. The predicted octanol–water partition coefficient (Wildman–Crippen LogP) is 3.14. The maximum absolute atomic E-state index is 11.9. The molecule has 1 rings (SSSR count). The van der Waals surface area contributed by atoms with Gasteiger partial charge in [0.05, 0.1) is 19.4 Å². The summed E-state index contributed by atoms with van der Waals surface area (Å²) in [7, 11) is 1.51. The zero-order valence-electron chi connectivity index (χ0n) is 10.1. The number of anilines is 1. The lowest BCUT2D eigenvalue weighted by atomic mass is 10.2. The molecule has 102 valence electrons. The van der Waals surface area contributed by atoms with Gasteiger partial charge in [0.1, 0.15) is 5.75 Å². The van der Waals surface area contributed by atoms with Crippen molar-refractivity contribution < 1.29 is 22.6 Å². The van der Waals surface area contributed by atoms with Crippen molar-refractivity contribution in [3.05, 3.63) is 23.8 Å². The number of nitrogens with two attached hydrogens (primary N) is 1. The van der Waals surface area contributed by atoms with Gasteiger partial charge in [-0.25, -0.2) is 0 Å². The van der Waals surface area contributed by atoms with Crippen molar-refractivity contribution in [1.29, 1.82) is 0 Å². The first-order valence-electron chi connectivity index (χ1n) is 5.49. The van der Waals surface area contributed by atoms with Gasteiger partial charge in [0.2, 0.25) is 0 Å². The number of methoxy groups -OCH3 is 1. The highest BCUT2D eigenvalue weighted by molar-refractivity contribution is 5.54. The van der Waals surface area contributed by atoms with Gasteiger partial charge < -0.3 is 15.2 Å². The summed E-state index contributed by atoms with van der Waals surface area (Å²) in [5, 5.41) is 0. The molecular formula is C12H16F3NO2. The molecular weight excluding hydrogens is 247 g/mol. The Bertz CT molecular complexity index is 380. The van der Waals surface area contributed by atoms with E-state index in [4.69, 9.17) is 15.2 Å². The van der Waals surface area contributed by atoms with Gasteiger partial charge in [-0.1, -0.05) is 6.07 Å². The van der Waals surface area contributed by atoms with Gasteiger partial charge >= 0.3 is 6.18 Å². The quantitative estimate of drug-likeness (QED) is 0.633. The first-order chi connectivity index (χ1) is 8.42. The number of alkyl halides is 3. The predicted molar refractivity (Wildman–Crippen MR) is 62.4 cm³/mol. The molecule has 0 fully saturated rings. The van der Waals surface area contributed by atoms with E-state index >= 15 is 0 Å². The second kappa shape index (κ2) is 6.49. The van der Waals surface area contributed by atoms with Gasteiger partial charge in [0.25, 0.3) is 0 Å². The van der Waals surface area contributed by atoms with Crippen molar-refractivity contribution in [2.75, 3.05) is 19.5 Å². The molecule has 0 spiro atoms. The fourth-order valence-electron chi connectivity index (χ4n) is 1.44. The smallest absolute Gasteiger partial charge is 0.389 e. The molecule has 0 aliphatic rings. The Kier molecular flexibility index (Phi) is 5.27. The molecule has 0 saturated heterocycles. The summed E-state index contributed by atoms with van der Waals surface area (Å²) in [5.41, 5.74) is 6.98. The van der Waals surface area contributed by atoms with Crippen LogP contribution in [0.4, 0.5) is 18.9 Å². The normalized spacial score (nSPS) is 11.6. The highest BCUT2D eigenvalue weighted by atomic mass is 19.4. The highest BCUT2D eigenvalue weighted by Crippen LogP contribution is 2.23. The molecule has 0 radical (unpaired) electrons. The molecule has 0 atom stereocenters. The molecule has 0 aromatic heterocycles. The van der Waals surface area contributed by atoms with Gasteiger partial charge in [0.15, 0.2) is 0 Å². The molecule has 0 amide bonds. The Balaban J connectivity index is 2.29. The second-order valence-electron chi connectivity index (χ2n) is 3.85. The van der Waals surface area contributed by atoms with Crippen LogP contribution in [0.1, 0.15) is 18.4 Å². The summed E-state index contributed by atoms with van der Waals surface area (Å²) in [6.45, 7) is 0.317. The minimum atomic E-state index is -4.12. The van der Waals surface area contributed by atoms with E-state index in [1.54, 1.807) is 18.2 Å². The Morgan fingerprint density at radius 3 is 2.56 bits per heavy atom. The Morgan fingerprint density at radius 1 is 1.28 bits per heavy atom. The fraction of sp³-hybridized carbons (Fsp3) is 0.500. The Labute approximate surface area is 104 Å². The zero-order valence-corrected chi connectivity index (χ0v) is 10.1. The van der Waals surface area contributed by atoms with Crippen LogP contribution < -0.4 is 10.5 Å². The minimum Gasteiger partial charge on any atom is -0.495 e. The van der Waals surface area contributed by atoms with E-state index in [0.717, 1.165) is 5.56 Å². The molecule has 0 heterocycles. The largest absolute Gasteiger partial charge is 0.495 e. The fourth-order valence-corrected chi connectivity index (χ4v) is 1.44. The maximum atomic E-state index is 11.9. The van der Waals surface area contributed by atoms with Crippen molar-refractivity contribution in [3.63, 3.8) is 0 Å². The second-order valence-corrected chi connectivity index (χ2v) is 3.85. The van der Waals surface area contributed by atoms with Crippen molar-refractivity contribution in [2.24, 2.45) is 0 Å². The summed E-state index contributed by atoms with van der Waals surface area (Å²) in [4.78, 5) is 0. The standard InChI is InChI=1S/C12H16F3NO2/c1-17-11-4-3-9(7-10(11)16)8-18-6-2-5-12(13,14)15/h3-4,7H,2,5-6,8,16H2,1H3. The molecule has 2 N–H and O–H groups in total. The van der Waals surface area contributed by atoms with Crippen LogP contribution in [0.15, 0.2) is 18.2 Å². The summed E-state index contributed by atoms with van der Waals surface area (Å²) in [6.07, 6.45) is -4.97. The van der Waals surface area contributed by atoms with E-state index in [-0.39, 0.29) is 19.6 Å². The van der Waals surface area contributed by atoms with Crippen LogP contribution in [-0.2, 0) is 11.3 Å². The number of hydrogen-bond donors (Lipinski definition) is 1. The van der Waals surface area contributed by atoms with E-state index in [9.17, 15) is 13.2 Å². The number of hydrogen-bond acceptors (Lipinski definition) is 3. The monoisotopic (exact) mass is 263 g/mol. The number of rotatable bonds is 6. The Morgan fingerprint density at radius 2 is 2.00 bits per heavy atom. The molecule has 0 bridgehead atoms. The van der Waals surface area contributed by atoms with Gasteiger partial charge in [-0.05, 0) is 24.1 Å². The molecule has 3 nitrogen and oxygen atoms in total. The van der Waals surface area contributed by atoms with Crippen LogP contribution >= 0.6 is 0 Å². The minimum absolute atomic E-state index is 0.0326. The summed E-state index contributed by atoms with van der Waals surface area (Å²) < 4.78 is 45.7. The van der Waals surface area contributed by atoms with Crippen LogP contribution in [0.25, 0.3) is 0 Å². The number of halogens is 3. The summed E-state index contributed by atoms with van der Waals surface area (Å²) in [6, 6.07) is 5.14. The maximum Gasteiger partial charge on any atom is 0.389 e. The van der Waals surface area contributed by atoms with Gasteiger partial charge in [0, 0.05) is 13.0 Å². The van der Waals surface area contributed by atoms with Crippen molar-refractivity contribution >= 4 is 5.69 Å². The lowest BCUT2D eigenvalue weighted by Crippen LogP contribution is -2.08. The van der Waals surface area contributed by atoms with Crippen LogP contribution in [-0.4, -0.2) is 19.9 Å². The van der Waals surface area contributed by atoms with Crippen LogP contribution in [0.2, 0.25) is 0 Å². The van der Waals surface area contributed by atoms with E-state index in [2.05, 4.69) is 0 Å². The van der Waals surface area contributed by atoms with E-state index in [1.165, 1.54) is 7.11 Å². The molecule has 18 heavy (non-hydrogen) atoms. The average molecular weight is 263 g/mol. The summed E-state index contributed by atoms with van der Waals surface area (Å²) in [5.74, 6) is 0.566. The Hall–Kier alpha value is -1.43. The van der Waals surface area contributed by atoms with Crippen LogP contribution in [0.5, 0.6) is 5.75 Å². The van der Waals surface area contributed by atoms with E-state index in [0.29, 0.717) is 11.4 Å². The van der Waals surface area contributed by atoms with Gasteiger partial charge in [-0.3, -0.25) is 0 Å². The SMILES string of the molecule is COc1ccc(COCCCC(F)(F)F)cc1N. The lowest BCUT2D eigenvalue weighted by molar-refractivity contribution is -0.138.